The van der Waals surface area contributed by atoms with E-state index in [9.17, 15) is 23.7 Å². The number of ether oxygens (including phenoxy) is 1. The van der Waals surface area contributed by atoms with Gasteiger partial charge in [0.2, 0.25) is 0 Å². The predicted octanol–water partition coefficient (Wildman–Crippen LogP) is 1.71. The summed E-state index contributed by atoms with van der Waals surface area (Å²) in [5, 5.41) is 10.5. The topological polar surface area (TPSA) is 82.3 Å². The molecular weight excluding hydrogens is 226 g/mol. The van der Waals surface area contributed by atoms with Gasteiger partial charge in [-0.1, -0.05) is 0 Å². The molecule has 86 valence electrons. The fraction of sp³-hybridized carbons (Fsp3) is 0.250. The second kappa shape index (κ2) is 4.60. The minimum Gasteiger partial charge on any atom is -0.465 e. The van der Waals surface area contributed by atoms with Crippen molar-refractivity contribution in [3.63, 3.8) is 0 Å². The van der Waals surface area contributed by atoms with Crippen LogP contribution in [0.1, 0.15) is 22.5 Å². The molecule has 0 unspecified atom stereocenters. The lowest BCUT2D eigenvalue weighted by atomic mass is 10.2. The number of pyridine rings is 1. The Morgan fingerprint density at radius 1 is 1.62 bits per heavy atom. The number of carbonyl (C=O) groups is 1. The van der Waals surface area contributed by atoms with Crippen molar-refractivity contribution in [2.75, 3.05) is 7.11 Å². The minimum absolute atomic E-state index is 0.461. The number of carbonyl (C=O) groups excluding carboxylic acids is 1. The number of aromatic nitrogens is 1. The zero-order valence-corrected chi connectivity index (χ0v) is 8.02. The van der Waals surface area contributed by atoms with E-state index in [1.54, 1.807) is 0 Å². The lowest BCUT2D eigenvalue weighted by Gasteiger charge is -2.02. The molecule has 0 bridgehead atoms. The normalized spacial score (nSPS) is 10.2. The molecule has 16 heavy (non-hydrogen) atoms. The number of nitrogens with zero attached hydrogens (tertiary/aromatic N) is 2. The highest BCUT2D eigenvalue weighted by atomic mass is 19.3. The van der Waals surface area contributed by atoms with E-state index in [0.717, 1.165) is 7.11 Å². The van der Waals surface area contributed by atoms with Crippen molar-refractivity contribution >= 4 is 11.7 Å². The molecular formula is C8H6F2N2O4. The number of rotatable bonds is 3. The molecule has 0 spiro atoms. The van der Waals surface area contributed by atoms with E-state index < -0.39 is 34.3 Å². The third-order valence-electron chi connectivity index (χ3n) is 1.73. The standard InChI is InChI=1S/C8H6F2N2O4/c1-16-8(13)4-3-11-5(7(9)10)2-6(4)12(14)15/h2-3,7H,1H3. The summed E-state index contributed by atoms with van der Waals surface area (Å²) in [5.41, 5.74) is -1.98. The molecule has 1 aromatic rings. The maximum absolute atomic E-state index is 12.2. The van der Waals surface area contributed by atoms with Crippen LogP contribution in [0, 0.1) is 10.1 Å². The van der Waals surface area contributed by atoms with Crippen molar-refractivity contribution in [3.8, 4) is 0 Å². The monoisotopic (exact) mass is 232 g/mol. The molecule has 0 atom stereocenters. The second-order valence-corrected chi connectivity index (χ2v) is 2.68. The minimum atomic E-state index is -2.94. The molecule has 0 saturated carbocycles. The first-order valence-corrected chi connectivity index (χ1v) is 3.98. The van der Waals surface area contributed by atoms with E-state index >= 15 is 0 Å². The van der Waals surface area contributed by atoms with Crippen LogP contribution in [0.4, 0.5) is 14.5 Å². The summed E-state index contributed by atoms with van der Waals surface area (Å²) in [6, 6.07) is 0.552. The van der Waals surface area contributed by atoms with E-state index in [0.29, 0.717) is 12.3 Å². The van der Waals surface area contributed by atoms with Crippen molar-refractivity contribution in [1.82, 2.24) is 4.98 Å². The van der Waals surface area contributed by atoms with E-state index in [1.165, 1.54) is 0 Å². The highest BCUT2D eigenvalue weighted by Gasteiger charge is 2.24. The van der Waals surface area contributed by atoms with Crippen LogP contribution in [0.25, 0.3) is 0 Å². The van der Waals surface area contributed by atoms with Gasteiger partial charge < -0.3 is 4.74 Å². The fourth-order valence-electron chi connectivity index (χ4n) is 0.998. The van der Waals surface area contributed by atoms with Crippen molar-refractivity contribution in [2.24, 2.45) is 0 Å². The van der Waals surface area contributed by atoms with E-state index in [4.69, 9.17) is 0 Å². The van der Waals surface area contributed by atoms with Gasteiger partial charge in [-0.15, -0.1) is 0 Å². The molecule has 0 N–H and O–H groups in total. The second-order valence-electron chi connectivity index (χ2n) is 2.68. The molecule has 1 rings (SSSR count). The van der Waals surface area contributed by atoms with Crippen LogP contribution in [0.3, 0.4) is 0 Å². The lowest BCUT2D eigenvalue weighted by molar-refractivity contribution is -0.385. The third kappa shape index (κ3) is 2.27. The van der Waals surface area contributed by atoms with Crippen LogP contribution in [0.5, 0.6) is 0 Å². The highest BCUT2D eigenvalue weighted by molar-refractivity contribution is 5.93. The number of esters is 1. The van der Waals surface area contributed by atoms with Crippen LogP contribution in [-0.2, 0) is 4.74 Å². The molecule has 8 heteroatoms. The highest BCUT2D eigenvalue weighted by Crippen LogP contribution is 2.24. The van der Waals surface area contributed by atoms with E-state index in [-0.39, 0.29) is 0 Å². The van der Waals surface area contributed by atoms with Gasteiger partial charge in [0, 0.05) is 12.3 Å². The molecule has 1 aromatic heterocycles. The molecule has 0 fully saturated rings. The fourth-order valence-corrected chi connectivity index (χ4v) is 0.998. The predicted molar refractivity (Wildman–Crippen MR) is 47.2 cm³/mol. The van der Waals surface area contributed by atoms with E-state index in [2.05, 4.69) is 9.72 Å². The van der Waals surface area contributed by atoms with Gasteiger partial charge >= 0.3 is 5.97 Å². The number of hydrogen-bond donors (Lipinski definition) is 0. The summed E-state index contributed by atoms with van der Waals surface area (Å²) in [7, 11) is 1.02. The molecule has 1 heterocycles. The van der Waals surface area contributed by atoms with Gasteiger partial charge in [0.1, 0.15) is 5.69 Å². The van der Waals surface area contributed by atoms with Crippen molar-refractivity contribution in [1.29, 1.82) is 0 Å². The third-order valence-corrected chi connectivity index (χ3v) is 1.73. The Kier molecular flexibility index (Phi) is 3.44. The zero-order chi connectivity index (χ0) is 12.3. The molecule has 0 radical (unpaired) electrons. The first-order chi connectivity index (χ1) is 7.47. The van der Waals surface area contributed by atoms with Crippen LogP contribution in [0.15, 0.2) is 12.3 Å². The van der Waals surface area contributed by atoms with Crippen molar-refractivity contribution in [3.05, 3.63) is 33.6 Å². The Morgan fingerprint density at radius 3 is 2.69 bits per heavy atom. The van der Waals surface area contributed by atoms with Crippen LogP contribution >= 0.6 is 0 Å². The molecule has 0 aliphatic carbocycles. The summed E-state index contributed by atoms with van der Waals surface area (Å²) in [5.74, 6) is -1.000. The molecule has 6 nitrogen and oxygen atoms in total. The number of halogens is 2. The Balaban J connectivity index is 3.30. The Morgan fingerprint density at radius 2 is 2.25 bits per heavy atom. The van der Waals surface area contributed by atoms with E-state index in [1.807, 2.05) is 0 Å². The summed E-state index contributed by atoms with van der Waals surface area (Å²) in [6.45, 7) is 0. The Labute approximate surface area is 88.0 Å². The average molecular weight is 232 g/mol. The summed E-state index contributed by atoms with van der Waals surface area (Å²) in [4.78, 5) is 23.9. The largest absolute Gasteiger partial charge is 0.465 e. The van der Waals surface area contributed by atoms with Crippen LogP contribution < -0.4 is 0 Å². The summed E-state index contributed by atoms with van der Waals surface area (Å²) >= 11 is 0. The summed E-state index contributed by atoms with van der Waals surface area (Å²) in [6.07, 6.45) is -2.24. The van der Waals surface area contributed by atoms with Crippen LogP contribution in [0.2, 0.25) is 0 Å². The molecule has 0 saturated heterocycles. The smallest absolute Gasteiger partial charge is 0.346 e. The molecule has 0 aliphatic heterocycles. The summed E-state index contributed by atoms with van der Waals surface area (Å²) < 4.78 is 28.7. The van der Waals surface area contributed by atoms with Gasteiger partial charge in [-0.05, 0) is 0 Å². The quantitative estimate of drug-likeness (QED) is 0.450. The van der Waals surface area contributed by atoms with Gasteiger partial charge in [0.15, 0.2) is 5.56 Å². The number of alkyl halides is 2. The maximum atomic E-state index is 12.2. The first kappa shape index (κ1) is 12.0. The maximum Gasteiger partial charge on any atom is 0.346 e. The van der Waals surface area contributed by atoms with Crippen molar-refractivity contribution in [2.45, 2.75) is 6.43 Å². The lowest BCUT2D eigenvalue weighted by Crippen LogP contribution is -2.07. The molecule has 0 aromatic carbocycles. The number of hydrogen-bond acceptors (Lipinski definition) is 5. The van der Waals surface area contributed by atoms with Gasteiger partial charge in [0.25, 0.3) is 12.1 Å². The molecule has 0 amide bonds. The first-order valence-electron chi connectivity index (χ1n) is 3.98. The Bertz CT molecular complexity index is 436. The molecule has 0 aliphatic rings. The van der Waals surface area contributed by atoms with Gasteiger partial charge in [-0.2, -0.15) is 0 Å². The number of nitro groups is 1. The Hall–Kier alpha value is -2.12. The average Bonchev–Trinajstić information content (AvgIpc) is 2.26. The van der Waals surface area contributed by atoms with Crippen LogP contribution in [-0.4, -0.2) is 23.0 Å². The number of methoxy groups -OCH3 is 1. The van der Waals surface area contributed by atoms with Crippen molar-refractivity contribution < 1.29 is 23.2 Å². The van der Waals surface area contributed by atoms with Gasteiger partial charge in [-0.25, -0.2) is 13.6 Å². The van der Waals surface area contributed by atoms with Gasteiger partial charge in [-0.3, -0.25) is 15.1 Å². The van der Waals surface area contributed by atoms with Gasteiger partial charge in [0.05, 0.1) is 12.0 Å². The zero-order valence-electron chi connectivity index (χ0n) is 8.02. The SMILES string of the molecule is COC(=O)c1cnc(C(F)F)cc1[N+](=O)[O-].